The highest BCUT2D eigenvalue weighted by atomic mass is 79.9. The second-order valence-electron chi connectivity index (χ2n) is 7.61. The van der Waals surface area contributed by atoms with E-state index in [1.807, 2.05) is 48.5 Å². The first kappa shape index (κ1) is 25.6. The molecule has 0 heterocycles. The molecule has 1 amide bonds. The van der Waals surface area contributed by atoms with Gasteiger partial charge in [0.25, 0.3) is 5.91 Å². The summed E-state index contributed by atoms with van der Waals surface area (Å²) in [5, 5.41) is 21.6. The van der Waals surface area contributed by atoms with Gasteiger partial charge in [-0.3, -0.25) is 4.79 Å². The topological polar surface area (TPSA) is 95.1 Å². The average Bonchev–Trinajstić information content (AvgIpc) is 2.89. The van der Waals surface area contributed by atoms with Crippen molar-refractivity contribution < 1.29 is 14.3 Å². The summed E-state index contributed by atoms with van der Waals surface area (Å²) in [6.45, 7) is 0.652. The number of hydrogen-bond acceptors (Lipinski definition) is 5. The number of nitrogens with zero attached hydrogens (tertiary/aromatic N) is 2. The number of rotatable bonds is 10. The maximum absolute atomic E-state index is 12.5. The Bertz CT molecular complexity index is 1290. The van der Waals surface area contributed by atoms with E-state index in [2.05, 4.69) is 27.3 Å². The molecule has 176 valence electrons. The number of hydrogen-bond donors (Lipinski definition) is 1. The fourth-order valence-corrected chi connectivity index (χ4v) is 3.99. The fourth-order valence-electron chi connectivity index (χ4n) is 3.42. The zero-order valence-electron chi connectivity index (χ0n) is 19.3. The lowest BCUT2D eigenvalue weighted by atomic mass is 10.1. The van der Waals surface area contributed by atoms with Crippen molar-refractivity contribution in [1.82, 2.24) is 5.32 Å². The molecule has 0 aliphatic rings. The zero-order valence-corrected chi connectivity index (χ0v) is 20.8. The van der Waals surface area contributed by atoms with Crippen LogP contribution in [-0.4, -0.2) is 19.6 Å². The molecule has 0 radical (unpaired) electrons. The van der Waals surface area contributed by atoms with Gasteiger partial charge in [-0.15, -0.1) is 0 Å². The predicted octanol–water partition coefficient (Wildman–Crippen LogP) is 5.56. The second kappa shape index (κ2) is 13.0. The number of aryl methyl sites for hydroxylation is 1. The summed E-state index contributed by atoms with van der Waals surface area (Å²) in [5.74, 6) is 0.464. The maximum Gasteiger partial charge on any atom is 0.261 e. The molecule has 6 nitrogen and oxygen atoms in total. The van der Waals surface area contributed by atoms with Gasteiger partial charge in [-0.05, 0) is 64.2 Å². The molecule has 0 unspecified atom stereocenters. The number of nitriles is 2. The van der Waals surface area contributed by atoms with Crippen LogP contribution in [0, 0.1) is 22.7 Å². The van der Waals surface area contributed by atoms with Gasteiger partial charge in [0.2, 0.25) is 0 Å². The van der Waals surface area contributed by atoms with E-state index in [-0.39, 0.29) is 12.2 Å². The van der Waals surface area contributed by atoms with E-state index in [0.717, 1.165) is 18.4 Å². The molecule has 0 fully saturated rings. The third-order valence-electron chi connectivity index (χ3n) is 5.21. The maximum atomic E-state index is 12.5. The number of carbonyl (C=O) groups excluding carboxylic acids is 1. The van der Waals surface area contributed by atoms with Crippen molar-refractivity contribution >= 4 is 27.9 Å². The van der Waals surface area contributed by atoms with Crippen LogP contribution in [0.3, 0.4) is 0 Å². The molecule has 1 N–H and O–H groups in total. The molecule has 0 bridgehead atoms. The van der Waals surface area contributed by atoms with Gasteiger partial charge in [-0.1, -0.05) is 48.5 Å². The number of methoxy groups -OCH3 is 1. The Balaban J connectivity index is 1.68. The van der Waals surface area contributed by atoms with Crippen molar-refractivity contribution in [3.05, 3.63) is 99.0 Å². The smallest absolute Gasteiger partial charge is 0.261 e. The van der Waals surface area contributed by atoms with Crippen molar-refractivity contribution in [3.63, 3.8) is 0 Å². The minimum Gasteiger partial charge on any atom is -0.493 e. The van der Waals surface area contributed by atoms with E-state index in [1.54, 1.807) is 24.3 Å². The van der Waals surface area contributed by atoms with Crippen molar-refractivity contribution in [2.75, 3.05) is 13.7 Å². The van der Waals surface area contributed by atoms with E-state index in [0.29, 0.717) is 33.6 Å². The first-order valence-corrected chi connectivity index (χ1v) is 11.8. The van der Waals surface area contributed by atoms with Crippen molar-refractivity contribution in [2.24, 2.45) is 0 Å². The molecule has 0 aromatic heterocycles. The average molecular weight is 530 g/mol. The molecule has 7 heteroatoms. The first-order chi connectivity index (χ1) is 17.0. The van der Waals surface area contributed by atoms with Crippen LogP contribution in [0.2, 0.25) is 0 Å². The molecule has 0 saturated heterocycles. The Labute approximate surface area is 213 Å². The number of amides is 1. The molecular weight excluding hydrogens is 506 g/mol. The van der Waals surface area contributed by atoms with Crippen LogP contribution in [0.1, 0.15) is 28.7 Å². The van der Waals surface area contributed by atoms with Crippen molar-refractivity contribution in [1.29, 1.82) is 10.5 Å². The Hall–Kier alpha value is -4.07. The molecule has 3 aromatic rings. The van der Waals surface area contributed by atoms with E-state index in [4.69, 9.17) is 9.47 Å². The Kier molecular flexibility index (Phi) is 9.48. The SMILES string of the molecule is COc1cc(/C=C(/C#N)C(=O)NCCCc2ccccc2)cc(Br)c1OCc1ccccc1C#N. The van der Waals surface area contributed by atoms with Crippen LogP contribution in [-0.2, 0) is 17.8 Å². The number of nitrogens with one attached hydrogen (secondary N) is 1. The lowest BCUT2D eigenvalue weighted by Crippen LogP contribution is -2.25. The fraction of sp³-hybridized carbons (Fsp3) is 0.179. The summed E-state index contributed by atoms with van der Waals surface area (Å²) >= 11 is 3.49. The van der Waals surface area contributed by atoms with E-state index in [1.165, 1.54) is 18.7 Å². The Morgan fingerprint density at radius 1 is 1.09 bits per heavy atom. The molecule has 0 aliphatic heterocycles. The highest BCUT2D eigenvalue weighted by Gasteiger charge is 2.14. The molecule has 3 aromatic carbocycles. The van der Waals surface area contributed by atoms with Gasteiger partial charge in [0.15, 0.2) is 11.5 Å². The summed E-state index contributed by atoms with van der Waals surface area (Å²) in [5.41, 5.74) is 3.09. The summed E-state index contributed by atoms with van der Waals surface area (Å²) in [6, 6.07) is 24.8. The minimum atomic E-state index is -0.427. The number of benzene rings is 3. The summed E-state index contributed by atoms with van der Waals surface area (Å²) in [7, 11) is 1.51. The number of carbonyl (C=O) groups is 1. The van der Waals surface area contributed by atoms with Gasteiger partial charge in [0.05, 0.1) is 23.2 Å². The van der Waals surface area contributed by atoms with Gasteiger partial charge in [-0.2, -0.15) is 10.5 Å². The molecule has 0 atom stereocenters. The highest BCUT2D eigenvalue weighted by molar-refractivity contribution is 9.10. The third kappa shape index (κ3) is 7.20. The minimum absolute atomic E-state index is 0.00437. The quantitative estimate of drug-likeness (QED) is 0.210. The van der Waals surface area contributed by atoms with Crippen LogP contribution in [0.25, 0.3) is 6.08 Å². The van der Waals surface area contributed by atoms with E-state index in [9.17, 15) is 15.3 Å². The standard InChI is InChI=1S/C28H24BrN3O3/c1-34-26-16-21(15-25(29)27(26)35-19-23-12-6-5-11-22(23)17-30)14-24(18-31)28(33)32-13-7-10-20-8-3-2-4-9-20/h2-6,8-9,11-12,14-16H,7,10,13,19H2,1H3,(H,32,33)/b24-14-. The lowest BCUT2D eigenvalue weighted by Gasteiger charge is -2.14. The predicted molar refractivity (Wildman–Crippen MR) is 138 cm³/mol. The van der Waals surface area contributed by atoms with Crippen molar-refractivity contribution in [3.8, 4) is 23.6 Å². The van der Waals surface area contributed by atoms with Gasteiger partial charge in [-0.25, -0.2) is 0 Å². The van der Waals surface area contributed by atoms with Gasteiger partial charge in [0, 0.05) is 12.1 Å². The van der Waals surface area contributed by atoms with Gasteiger partial charge >= 0.3 is 0 Å². The number of halogens is 1. The zero-order chi connectivity index (χ0) is 25.0. The van der Waals surface area contributed by atoms with E-state index < -0.39 is 5.91 Å². The third-order valence-corrected chi connectivity index (χ3v) is 5.80. The normalized spacial score (nSPS) is 10.7. The Morgan fingerprint density at radius 2 is 1.83 bits per heavy atom. The van der Waals surface area contributed by atoms with Crippen LogP contribution in [0.5, 0.6) is 11.5 Å². The molecule has 0 saturated carbocycles. The van der Waals surface area contributed by atoms with Crippen LogP contribution < -0.4 is 14.8 Å². The molecule has 35 heavy (non-hydrogen) atoms. The first-order valence-electron chi connectivity index (χ1n) is 11.0. The van der Waals surface area contributed by atoms with Crippen LogP contribution in [0.15, 0.2) is 76.8 Å². The largest absolute Gasteiger partial charge is 0.493 e. The molecule has 0 spiro atoms. The van der Waals surface area contributed by atoms with Crippen LogP contribution >= 0.6 is 15.9 Å². The van der Waals surface area contributed by atoms with Crippen molar-refractivity contribution in [2.45, 2.75) is 19.4 Å². The van der Waals surface area contributed by atoms with E-state index >= 15 is 0 Å². The summed E-state index contributed by atoms with van der Waals surface area (Å²) in [6.07, 6.45) is 3.13. The Morgan fingerprint density at radius 3 is 2.54 bits per heavy atom. The van der Waals surface area contributed by atoms with Crippen LogP contribution in [0.4, 0.5) is 0 Å². The molecular formula is C28H24BrN3O3. The number of ether oxygens (including phenoxy) is 2. The summed E-state index contributed by atoms with van der Waals surface area (Å²) < 4.78 is 12.0. The monoisotopic (exact) mass is 529 g/mol. The van der Waals surface area contributed by atoms with Gasteiger partial charge < -0.3 is 14.8 Å². The molecule has 0 aliphatic carbocycles. The van der Waals surface area contributed by atoms with Gasteiger partial charge in [0.1, 0.15) is 18.2 Å². The molecule has 3 rings (SSSR count). The highest BCUT2D eigenvalue weighted by Crippen LogP contribution is 2.38. The summed E-state index contributed by atoms with van der Waals surface area (Å²) in [4.78, 5) is 12.5. The lowest BCUT2D eigenvalue weighted by molar-refractivity contribution is -0.117. The second-order valence-corrected chi connectivity index (χ2v) is 8.46.